The molecule has 0 radical (unpaired) electrons. The molecule has 0 bridgehead atoms. The Balaban J connectivity index is 1.33. The Morgan fingerprint density at radius 1 is 1.19 bits per heavy atom. The number of nitrogens with zero attached hydrogens (tertiary/aromatic N) is 4. The number of imidazole rings is 1. The summed E-state index contributed by atoms with van der Waals surface area (Å²) in [4.78, 5) is 30.5. The molecule has 1 aliphatic rings. The predicted octanol–water partition coefficient (Wildman–Crippen LogP) is 3.78. The number of anilines is 2. The average Bonchev–Trinajstić information content (AvgIpc) is 3.30. The maximum Gasteiger partial charge on any atom is 0.320 e. The number of aromatic nitrogens is 4. The van der Waals surface area contributed by atoms with E-state index in [9.17, 15) is 4.79 Å². The molecule has 162 valence electrons. The first kappa shape index (κ1) is 20.8. The normalized spacial score (nSPS) is 14.5. The minimum absolute atomic E-state index is 0.220. The summed E-state index contributed by atoms with van der Waals surface area (Å²) in [6, 6.07) is 7.98. The molecule has 0 saturated carbocycles. The van der Waals surface area contributed by atoms with Crippen LogP contribution in [0, 0.1) is 12.8 Å². The second-order valence-electron chi connectivity index (χ2n) is 7.91. The maximum absolute atomic E-state index is 11.7. The van der Waals surface area contributed by atoms with Gasteiger partial charge in [0.2, 0.25) is 0 Å². The SMILES string of the molecule is CCNC(=O)Nc1cc(CC2CCN(c3ccc(-c4ncc[nH]4)nc3C)CC2)ccn1. The molecule has 3 N–H and O–H groups in total. The molecule has 4 heterocycles. The Labute approximate surface area is 182 Å². The highest BCUT2D eigenvalue weighted by Gasteiger charge is 2.21. The Bertz CT molecular complexity index is 1010. The molecule has 1 aliphatic heterocycles. The fourth-order valence-corrected chi connectivity index (χ4v) is 4.13. The molecule has 0 aromatic carbocycles. The second kappa shape index (κ2) is 9.59. The third-order valence-electron chi connectivity index (χ3n) is 5.68. The standard InChI is InChI=1S/C23H29N7O/c1-3-24-23(31)29-21-15-18(6-9-25-21)14-17-7-12-30(13-8-17)20-5-4-19(28-16(20)2)22-26-10-11-27-22/h4-6,9-11,15,17H,3,7-8,12-14H2,1-2H3,(H,26,27)(H2,24,25,29,31). The number of nitrogens with one attached hydrogen (secondary N) is 3. The van der Waals surface area contributed by atoms with Gasteiger partial charge in [-0.1, -0.05) is 0 Å². The summed E-state index contributed by atoms with van der Waals surface area (Å²) in [5.74, 6) is 2.01. The van der Waals surface area contributed by atoms with Crippen LogP contribution in [-0.4, -0.2) is 45.6 Å². The van der Waals surface area contributed by atoms with Gasteiger partial charge in [-0.25, -0.2) is 19.7 Å². The Morgan fingerprint density at radius 3 is 2.74 bits per heavy atom. The number of carbonyl (C=O) groups is 1. The molecule has 31 heavy (non-hydrogen) atoms. The van der Waals surface area contributed by atoms with E-state index in [-0.39, 0.29) is 6.03 Å². The molecule has 1 saturated heterocycles. The number of rotatable bonds is 6. The summed E-state index contributed by atoms with van der Waals surface area (Å²) < 4.78 is 0. The first-order valence-electron chi connectivity index (χ1n) is 10.8. The first-order valence-corrected chi connectivity index (χ1v) is 10.8. The van der Waals surface area contributed by atoms with Gasteiger partial charge in [-0.05, 0) is 68.9 Å². The molecule has 2 amide bonds. The minimum Gasteiger partial charge on any atom is -0.370 e. The van der Waals surface area contributed by atoms with Crippen LogP contribution in [0.2, 0.25) is 0 Å². The van der Waals surface area contributed by atoms with E-state index in [1.807, 2.05) is 31.3 Å². The van der Waals surface area contributed by atoms with E-state index < -0.39 is 0 Å². The molecule has 8 nitrogen and oxygen atoms in total. The van der Waals surface area contributed by atoms with Crippen LogP contribution < -0.4 is 15.5 Å². The number of H-pyrrole nitrogens is 1. The molecule has 0 spiro atoms. The van der Waals surface area contributed by atoms with Gasteiger partial charge in [0.15, 0.2) is 5.82 Å². The summed E-state index contributed by atoms with van der Waals surface area (Å²) in [7, 11) is 0. The van der Waals surface area contributed by atoms with Crippen molar-refractivity contribution >= 4 is 17.5 Å². The van der Waals surface area contributed by atoms with Crippen LogP contribution in [0.3, 0.4) is 0 Å². The molecule has 0 atom stereocenters. The van der Waals surface area contributed by atoms with Crippen molar-refractivity contribution in [3.63, 3.8) is 0 Å². The van der Waals surface area contributed by atoms with E-state index in [1.54, 1.807) is 12.4 Å². The van der Waals surface area contributed by atoms with Gasteiger partial charge in [0.05, 0.1) is 11.4 Å². The Hall–Kier alpha value is -3.42. The van der Waals surface area contributed by atoms with Crippen LogP contribution in [0.5, 0.6) is 0 Å². The van der Waals surface area contributed by atoms with Gasteiger partial charge in [-0.3, -0.25) is 5.32 Å². The predicted molar refractivity (Wildman–Crippen MR) is 122 cm³/mol. The summed E-state index contributed by atoms with van der Waals surface area (Å²) >= 11 is 0. The third kappa shape index (κ3) is 5.20. The minimum atomic E-state index is -0.220. The van der Waals surface area contributed by atoms with Crippen LogP contribution in [-0.2, 0) is 6.42 Å². The second-order valence-corrected chi connectivity index (χ2v) is 7.91. The number of aryl methyl sites for hydroxylation is 1. The Kier molecular flexibility index (Phi) is 6.45. The van der Waals surface area contributed by atoms with Crippen molar-refractivity contribution in [3.05, 3.63) is 54.1 Å². The smallest absolute Gasteiger partial charge is 0.320 e. The van der Waals surface area contributed by atoms with Crippen LogP contribution in [0.1, 0.15) is 31.0 Å². The highest BCUT2D eigenvalue weighted by atomic mass is 16.2. The number of pyridine rings is 2. The number of carbonyl (C=O) groups excluding carboxylic acids is 1. The van der Waals surface area contributed by atoms with E-state index in [0.29, 0.717) is 18.3 Å². The van der Waals surface area contributed by atoms with Crippen LogP contribution in [0.4, 0.5) is 16.3 Å². The van der Waals surface area contributed by atoms with E-state index in [1.165, 1.54) is 11.3 Å². The maximum atomic E-state index is 11.7. The Morgan fingerprint density at radius 2 is 2.03 bits per heavy atom. The van der Waals surface area contributed by atoms with E-state index in [4.69, 9.17) is 4.98 Å². The molecule has 0 aliphatic carbocycles. The number of urea groups is 1. The highest BCUT2D eigenvalue weighted by molar-refractivity contribution is 5.88. The van der Waals surface area contributed by atoms with Gasteiger partial charge < -0.3 is 15.2 Å². The summed E-state index contributed by atoms with van der Waals surface area (Å²) in [5.41, 5.74) is 4.31. The molecular weight excluding hydrogens is 390 g/mol. The van der Waals surface area contributed by atoms with Gasteiger partial charge >= 0.3 is 6.03 Å². The van der Waals surface area contributed by atoms with Crippen molar-refractivity contribution in [1.29, 1.82) is 0 Å². The van der Waals surface area contributed by atoms with E-state index in [2.05, 4.69) is 43.5 Å². The molecule has 3 aromatic rings. The van der Waals surface area contributed by atoms with Gasteiger partial charge in [0, 0.05) is 38.2 Å². The van der Waals surface area contributed by atoms with Crippen LogP contribution >= 0.6 is 0 Å². The number of piperidine rings is 1. The van der Waals surface area contributed by atoms with Gasteiger partial charge in [0.25, 0.3) is 0 Å². The van der Waals surface area contributed by atoms with E-state index in [0.717, 1.165) is 49.6 Å². The lowest BCUT2D eigenvalue weighted by Crippen LogP contribution is -2.35. The van der Waals surface area contributed by atoms with Gasteiger partial charge in [-0.15, -0.1) is 0 Å². The van der Waals surface area contributed by atoms with Crippen LogP contribution in [0.15, 0.2) is 42.9 Å². The number of aromatic amines is 1. The number of hydrogen-bond acceptors (Lipinski definition) is 5. The van der Waals surface area contributed by atoms with Crippen molar-refractivity contribution in [2.24, 2.45) is 5.92 Å². The molecular formula is C23H29N7O. The van der Waals surface area contributed by atoms with Gasteiger partial charge in [0.1, 0.15) is 11.5 Å². The zero-order valence-corrected chi connectivity index (χ0v) is 18.1. The lowest BCUT2D eigenvalue weighted by Gasteiger charge is -2.34. The van der Waals surface area contributed by atoms with Crippen molar-refractivity contribution in [3.8, 4) is 11.5 Å². The summed E-state index contributed by atoms with van der Waals surface area (Å²) in [5, 5.41) is 5.51. The zero-order chi connectivity index (χ0) is 21.6. The number of amides is 2. The zero-order valence-electron chi connectivity index (χ0n) is 18.1. The lowest BCUT2D eigenvalue weighted by molar-refractivity contribution is 0.252. The topological polar surface area (TPSA) is 98.8 Å². The monoisotopic (exact) mass is 419 g/mol. The quantitative estimate of drug-likeness (QED) is 0.565. The molecule has 1 fully saturated rings. The molecule has 3 aromatic heterocycles. The van der Waals surface area contributed by atoms with Crippen molar-refractivity contribution in [1.82, 2.24) is 25.3 Å². The number of hydrogen-bond donors (Lipinski definition) is 3. The van der Waals surface area contributed by atoms with Crippen molar-refractivity contribution in [2.45, 2.75) is 33.1 Å². The summed E-state index contributed by atoms with van der Waals surface area (Å²) in [6.07, 6.45) is 8.57. The van der Waals surface area contributed by atoms with Crippen LogP contribution in [0.25, 0.3) is 11.5 Å². The molecule has 4 rings (SSSR count). The molecule has 0 unspecified atom stereocenters. The van der Waals surface area contributed by atoms with Crippen molar-refractivity contribution < 1.29 is 4.79 Å². The fourth-order valence-electron chi connectivity index (χ4n) is 4.13. The third-order valence-corrected chi connectivity index (χ3v) is 5.68. The lowest BCUT2D eigenvalue weighted by atomic mass is 9.90. The largest absolute Gasteiger partial charge is 0.370 e. The fraction of sp³-hybridized carbons (Fsp3) is 0.391. The van der Waals surface area contributed by atoms with E-state index >= 15 is 0 Å². The van der Waals surface area contributed by atoms with Gasteiger partial charge in [-0.2, -0.15) is 0 Å². The summed E-state index contributed by atoms with van der Waals surface area (Å²) in [6.45, 7) is 6.57. The molecule has 8 heteroatoms. The van der Waals surface area contributed by atoms with Crippen molar-refractivity contribution in [2.75, 3.05) is 29.9 Å². The first-order chi connectivity index (χ1) is 15.1. The highest BCUT2D eigenvalue weighted by Crippen LogP contribution is 2.28. The average molecular weight is 420 g/mol.